The number of hydrogen-bond acceptors (Lipinski definition) is 3. The summed E-state index contributed by atoms with van der Waals surface area (Å²) < 4.78 is 0.615. The van der Waals surface area contributed by atoms with Crippen LogP contribution in [0.1, 0.15) is 5.56 Å². The number of aromatic amines is 1. The molecule has 2 aromatic heterocycles. The SMILES string of the molecule is Cc1c(-c2ccccn2)[nH]cnc1=S. The van der Waals surface area contributed by atoms with Gasteiger partial charge in [0, 0.05) is 11.8 Å². The van der Waals surface area contributed by atoms with Gasteiger partial charge in [0.25, 0.3) is 0 Å². The summed E-state index contributed by atoms with van der Waals surface area (Å²) in [5.41, 5.74) is 2.78. The van der Waals surface area contributed by atoms with E-state index < -0.39 is 0 Å². The summed E-state index contributed by atoms with van der Waals surface area (Å²) in [5.74, 6) is 0. The third-order valence-corrected chi connectivity index (χ3v) is 2.42. The van der Waals surface area contributed by atoms with Crippen molar-refractivity contribution in [1.29, 1.82) is 0 Å². The van der Waals surface area contributed by atoms with Gasteiger partial charge in [0.05, 0.1) is 17.7 Å². The Labute approximate surface area is 86.9 Å². The highest BCUT2D eigenvalue weighted by Gasteiger charge is 2.03. The molecule has 0 aliphatic carbocycles. The molecule has 1 N–H and O–H groups in total. The molecule has 0 spiro atoms. The third-order valence-electron chi connectivity index (χ3n) is 2.01. The molecule has 0 bridgehead atoms. The Hall–Kier alpha value is -1.55. The van der Waals surface area contributed by atoms with E-state index in [2.05, 4.69) is 15.0 Å². The molecule has 0 saturated carbocycles. The Morgan fingerprint density at radius 2 is 2.14 bits per heavy atom. The molecule has 0 aliphatic heterocycles. The first-order valence-electron chi connectivity index (χ1n) is 4.25. The second-order valence-electron chi connectivity index (χ2n) is 2.92. The van der Waals surface area contributed by atoms with E-state index in [0.29, 0.717) is 4.64 Å². The van der Waals surface area contributed by atoms with Crippen molar-refractivity contribution in [3.63, 3.8) is 0 Å². The van der Waals surface area contributed by atoms with Crippen LogP contribution >= 0.6 is 12.2 Å². The Kier molecular flexibility index (Phi) is 2.37. The minimum absolute atomic E-state index is 0.615. The maximum Gasteiger partial charge on any atom is 0.132 e. The summed E-state index contributed by atoms with van der Waals surface area (Å²) in [7, 11) is 0. The van der Waals surface area contributed by atoms with Gasteiger partial charge in [-0.05, 0) is 19.1 Å². The molecule has 70 valence electrons. The number of nitrogens with one attached hydrogen (secondary N) is 1. The van der Waals surface area contributed by atoms with E-state index in [4.69, 9.17) is 12.2 Å². The fourth-order valence-corrected chi connectivity index (χ4v) is 1.40. The Morgan fingerprint density at radius 1 is 1.29 bits per heavy atom. The van der Waals surface area contributed by atoms with E-state index in [1.807, 2.05) is 25.1 Å². The first-order chi connectivity index (χ1) is 6.79. The summed E-state index contributed by atoms with van der Waals surface area (Å²) in [4.78, 5) is 11.3. The lowest BCUT2D eigenvalue weighted by molar-refractivity contribution is 1.10. The first kappa shape index (κ1) is 9.02. The highest BCUT2D eigenvalue weighted by molar-refractivity contribution is 7.71. The molecule has 0 amide bonds. The van der Waals surface area contributed by atoms with Gasteiger partial charge in [0.2, 0.25) is 0 Å². The van der Waals surface area contributed by atoms with E-state index >= 15 is 0 Å². The molecule has 0 aromatic carbocycles. The summed E-state index contributed by atoms with van der Waals surface area (Å²) in [5, 5.41) is 0. The summed E-state index contributed by atoms with van der Waals surface area (Å²) >= 11 is 5.08. The Morgan fingerprint density at radius 3 is 2.86 bits per heavy atom. The average Bonchev–Trinajstić information content (AvgIpc) is 2.23. The molecule has 0 saturated heterocycles. The molecule has 0 fully saturated rings. The van der Waals surface area contributed by atoms with Gasteiger partial charge in [-0.3, -0.25) is 4.98 Å². The molecule has 2 aromatic rings. The Bertz CT molecular complexity index is 490. The van der Waals surface area contributed by atoms with Crippen LogP contribution in [0.5, 0.6) is 0 Å². The zero-order valence-electron chi connectivity index (χ0n) is 7.69. The normalized spacial score (nSPS) is 10.1. The van der Waals surface area contributed by atoms with Crippen LogP contribution in [-0.2, 0) is 0 Å². The zero-order chi connectivity index (χ0) is 9.97. The number of pyridine rings is 1. The molecular formula is C10H9N3S. The monoisotopic (exact) mass is 203 g/mol. The Balaban J connectivity index is 2.64. The predicted molar refractivity (Wildman–Crippen MR) is 57.4 cm³/mol. The second kappa shape index (κ2) is 3.67. The molecule has 14 heavy (non-hydrogen) atoms. The van der Waals surface area contributed by atoms with Gasteiger partial charge in [-0.25, -0.2) is 4.98 Å². The molecule has 2 rings (SSSR count). The highest BCUT2D eigenvalue weighted by atomic mass is 32.1. The van der Waals surface area contributed by atoms with Crippen LogP contribution in [0.15, 0.2) is 30.7 Å². The molecular weight excluding hydrogens is 194 g/mol. The van der Waals surface area contributed by atoms with Gasteiger partial charge in [0.15, 0.2) is 0 Å². The maximum atomic E-state index is 5.08. The van der Waals surface area contributed by atoms with Crippen LogP contribution in [0.25, 0.3) is 11.4 Å². The molecule has 0 radical (unpaired) electrons. The van der Waals surface area contributed by atoms with E-state index in [9.17, 15) is 0 Å². The van der Waals surface area contributed by atoms with Crippen molar-refractivity contribution >= 4 is 12.2 Å². The molecule has 0 unspecified atom stereocenters. The van der Waals surface area contributed by atoms with Crippen molar-refractivity contribution in [3.8, 4) is 11.4 Å². The lowest BCUT2D eigenvalue weighted by Gasteiger charge is -2.03. The largest absolute Gasteiger partial charge is 0.344 e. The summed E-state index contributed by atoms with van der Waals surface area (Å²) in [6.45, 7) is 1.94. The van der Waals surface area contributed by atoms with Gasteiger partial charge in [-0.2, -0.15) is 0 Å². The van der Waals surface area contributed by atoms with Crippen LogP contribution in [0.2, 0.25) is 0 Å². The van der Waals surface area contributed by atoms with E-state index in [1.54, 1.807) is 12.5 Å². The van der Waals surface area contributed by atoms with Crippen molar-refractivity contribution in [1.82, 2.24) is 15.0 Å². The molecule has 0 aliphatic rings. The molecule has 0 atom stereocenters. The predicted octanol–water partition coefficient (Wildman–Crippen LogP) is 2.51. The summed E-state index contributed by atoms with van der Waals surface area (Å²) in [6, 6.07) is 5.77. The molecule has 2 heterocycles. The average molecular weight is 203 g/mol. The maximum absolute atomic E-state index is 5.08. The number of hydrogen-bond donors (Lipinski definition) is 1. The number of nitrogens with zero attached hydrogens (tertiary/aromatic N) is 2. The van der Waals surface area contributed by atoms with Crippen LogP contribution in [0.3, 0.4) is 0 Å². The standard InChI is InChI=1S/C10H9N3S/c1-7-9(12-6-13-10(7)14)8-4-2-3-5-11-8/h2-6H,1H3,(H,12,13,14). The van der Waals surface area contributed by atoms with Crippen molar-refractivity contribution in [2.45, 2.75) is 6.92 Å². The van der Waals surface area contributed by atoms with Crippen molar-refractivity contribution in [2.24, 2.45) is 0 Å². The van der Waals surface area contributed by atoms with Gasteiger partial charge < -0.3 is 4.98 Å². The van der Waals surface area contributed by atoms with Gasteiger partial charge in [-0.15, -0.1) is 0 Å². The summed E-state index contributed by atoms with van der Waals surface area (Å²) in [6.07, 6.45) is 3.35. The molecule has 4 heteroatoms. The number of rotatable bonds is 1. The lowest BCUT2D eigenvalue weighted by Crippen LogP contribution is -1.92. The van der Waals surface area contributed by atoms with Crippen LogP contribution in [-0.4, -0.2) is 15.0 Å². The van der Waals surface area contributed by atoms with Gasteiger partial charge >= 0.3 is 0 Å². The fraction of sp³-hybridized carbons (Fsp3) is 0.100. The third kappa shape index (κ3) is 1.56. The lowest BCUT2D eigenvalue weighted by atomic mass is 10.2. The van der Waals surface area contributed by atoms with E-state index in [-0.39, 0.29) is 0 Å². The van der Waals surface area contributed by atoms with Crippen LogP contribution < -0.4 is 0 Å². The van der Waals surface area contributed by atoms with Crippen molar-refractivity contribution < 1.29 is 0 Å². The minimum atomic E-state index is 0.615. The number of aromatic nitrogens is 3. The van der Waals surface area contributed by atoms with Crippen molar-refractivity contribution in [3.05, 3.63) is 40.9 Å². The topological polar surface area (TPSA) is 41.6 Å². The molecule has 3 nitrogen and oxygen atoms in total. The minimum Gasteiger partial charge on any atom is -0.344 e. The van der Waals surface area contributed by atoms with Crippen LogP contribution in [0.4, 0.5) is 0 Å². The van der Waals surface area contributed by atoms with Gasteiger partial charge in [-0.1, -0.05) is 18.3 Å². The van der Waals surface area contributed by atoms with Crippen LogP contribution in [0, 0.1) is 11.6 Å². The first-order valence-corrected chi connectivity index (χ1v) is 4.65. The number of H-pyrrole nitrogens is 1. The van der Waals surface area contributed by atoms with Crippen molar-refractivity contribution in [2.75, 3.05) is 0 Å². The zero-order valence-corrected chi connectivity index (χ0v) is 8.51. The van der Waals surface area contributed by atoms with Gasteiger partial charge in [0.1, 0.15) is 4.64 Å². The van der Waals surface area contributed by atoms with E-state index in [0.717, 1.165) is 17.0 Å². The quantitative estimate of drug-likeness (QED) is 0.724. The highest BCUT2D eigenvalue weighted by Crippen LogP contribution is 2.17. The second-order valence-corrected chi connectivity index (χ2v) is 3.31. The smallest absolute Gasteiger partial charge is 0.132 e. The van der Waals surface area contributed by atoms with E-state index in [1.165, 1.54) is 0 Å². The fourth-order valence-electron chi connectivity index (χ4n) is 1.24.